The van der Waals surface area contributed by atoms with E-state index in [1.807, 2.05) is 0 Å². The number of carbonyl (C=O) groups excluding carboxylic acids is 2. The number of amides is 2. The fourth-order valence-electron chi connectivity index (χ4n) is 3.58. The largest absolute Gasteiger partial charge is 0.354 e. The van der Waals surface area contributed by atoms with E-state index in [1.165, 1.54) is 28.7 Å². The van der Waals surface area contributed by atoms with E-state index in [2.05, 4.69) is 71.5 Å². The minimum absolute atomic E-state index is 0.121. The van der Waals surface area contributed by atoms with E-state index >= 15 is 0 Å². The number of unbranched alkanes of at least 4 members (excludes halogenated alkanes) is 1. The Hall–Kier alpha value is -2.47. The van der Waals surface area contributed by atoms with Gasteiger partial charge in [0.2, 0.25) is 11.8 Å². The van der Waals surface area contributed by atoms with Gasteiger partial charge in [0.25, 0.3) is 0 Å². The van der Waals surface area contributed by atoms with Gasteiger partial charge in [0.05, 0.1) is 0 Å². The number of para-hydroxylation sites is 1. The van der Waals surface area contributed by atoms with Crippen molar-refractivity contribution in [3.05, 3.63) is 42.5 Å². The van der Waals surface area contributed by atoms with Gasteiger partial charge in [-0.05, 0) is 37.6 Å². The van der Waals surface area contributed by atoms with E-state index in [9.17, 15) is 9.59 Å². The Kier molecular flexibility index (Phi) is 7.20. The van der Waals surface area contributed by atoms with Crippen LogP contribution in [0.25, 0.3) is 21.8 Å². The Morgan fingerprint density at radius 1 is 1.07 bits per heavy atom. The van der Waals surface area contributed by atoms with E-state index in [-0.39, 0.29) is 11.8 Å². The molecule has 5 nitrogen and oxygen atoms in total. The lowest BCUT2D eigenvalue weighted by Crippen LogP contribution is -2.47. The number of aromatic nitrogens is 1. The normalized spacial score (nSPS) is 12.2. The Balaban J connectivity index is 1.80. The first-order chi connectivity index (χ1) is 14.0. The summed E-state index contributed by atoms with van der Waals surface area (Å²) >= 11 is 1.59. The molecule has 1 heterocycles. The van der Waals surface area contributed by atoms with Crippen molar-refractivity contribution in [2.75, 3.05) is 12.3 Å². The maximum absolute atomic E-state index is 12.5. The molecule has 0 fully saturated rings. The number of hydrogen-bond acceptors (Lipinski definition) is 3. The third kappa shape index (κ3) is 4.93. The fourth-order valence-corrected chi connectivity index (χ4v) is 4.54. The molecule has 0 saturated carbocycles. The zero-order valence-corrected chi connectivity index (χ0v) is 18.1. The predicted octanol–water partition coefficient (Wildman–Crippen LogP) is 4.33. The Morgan fingerprint density at radius 3 is 2.55 bits per heavy atom. The Bertz CT molecular complexity index is 1010. The highest BCUT2D eigenvalue weighted by Gasteiger charge is 2.19. The third-order valence-corrected chi connectivity index (χ3v) is 6.09. The minimum atomic E-state index is -0.540. The summed E-state index contributed by atoms with van der Waals surface area (Å²) in [6.07, 6.45) is 1.95. The van der Waals surface area contributed by atoms with Gasteiger partial charge in [-0.25, -0.2) is 0 Å². The quantitative estimate of drug-likeness (QED) is 0.407. The van der Waals surface area contributed by atoms with Gasteiger partial charge in [0, 0.05) is 52.5 Å². The molecule has 1 aromatic heterocycles. The first-order valence-electron chi connectivity index (χ1n) is 10.2. The number of nitrogens with one attached hydrogen (secondary N) is 2. The number of benzene rings is 2. The summed E-state index contributed by atoms with van der Waals surface area (Å²) in [7, 11) is 0. The van der Waals surface area contributed by atoms with Crippen molar-refractivity contribution >= 4 is 45.4 Å². The van der Waals surface area contributed by atoms with Crippen molar-refractivity contribution in [3.8, 4) is 0 Å². The molecule has 2 N–H and O–H groups in total. The average Bonchev–Trinajstić information content (AvgIpc) is 3.04. The van der Waals surface area contributed by atoms with Crippen LogP contribution in [-0.4, -0.2) is 34.7 Å². The summed E-state index contributed by atoms with van der Waals surface area (Å²) in [6, 6.07) is 14.3. The van der Waals surface area contributed by atoms with Crippen LogP contribution in [0.15, 0.2) is 47.4 Å². The van der Waals surface area contributed by atoms with E-state index < -0.39 is 6.04 Å². The van der Waals surface area contributed by atoms with Gasteiger partial charge < -0.3 is 15.2 Å². The Morgan fingerprint density at radius 2 is 1.83 bits per heavy atom. The number of fused-ring (bicyclic) bond motifs is 3. The molecular formula is C23H29N3O2S. The van der Waals surface area contributed by atoms with Crippen LogP contribution in [0.2, 0.25) is 0 Å². The summed E-state index contributed by atoms with van der Waals surface area (Å²) in [5.74, 6) is 0.183. The van der Waals surface area contributed by atoms with Gasteiger partial charge in [-0.1, -0.05) is 31.5 Å². The second-order valence-corrected chi connectivity index (χ2v) is 8.24. The van der Waals surface area contributed by atoms with Gasteiger partial charge in [-0.3, -0.25) is 9.59 Å². The van der Waals surface area contributed by atoms with Gasteiger partial charge in [0.1, 0.15) is 6.04 Å². The predicted molar refractivity (Wildman–Crippen MR) is 121 cm³/mol. The smallest absolute Gasteiger partial charge is 0.243 e. The molecule has 1 atom stereocenters. The molecule has 0 aliphatic carbocycles. The number of aryl methyl sites for hydroxylation is 1. The number of carbonyl (C=O) groups is 2. The molecule has 29 heavy (non-hydrogen) atoms. The number of rotatable bonds is 9. The molecule has 0 radical (unpaired) electrons. The van der Waals surface area contributed by atoms with Crippen LogP contribution in [0.3, 0.4) is 0 Å². The number of nitrogens with zero attached hydrogens (tertiary/aromatic N) is 1. The number of hydrogen-bond donors (Lipinski definition) is 2. The maximum atomic E-state index is 12.5. The molecule has 2 aromatic carbocycles. The van der Waals surface area contributed by atoms with Gasteiger partial charge >= 0.3 is 0 Å². The Labute approximate surface area is 176 Å². The highest BCUT2D eigenvalue weighted by molar-refractivity contribution is 7.99. The zero-order chi connectivity index (χ0) is 20.8. The highest BCUT2D eigenvalue weighted by Crippen LogP contribution is 2.32. The van der Waals surface area contributed by atoms with E-state index in [1.54, 1.807) is 11.8 Å². The standard InChI is InChI=1S/C23H29N3O2S/c1-4-6-13-24-23(28)20(25-16(3)27)15-29-17-11-12-22-19(14-17)18-9-7-8-10-21(18)26(22)5-2/h7-12,14,20H,4-6,13,15H2,1-3H3,(H,24,28)(H,25,27). The monoisotopic (exact) mass is 411 g/mol. The topological polar surface area (TPSA) is 63.1 Å². The highest BCUT2D eigenvalue weighted by atomic mass is 32.2. The summed E-state index contributed by atoms with van der Waals surface area (Å²) < 4.78 is 2.32. The summed E-state index contributed by atoms with van der Waals surface area (Å²) in [4.78, 5) is 25.1. The average molecular weight is 412 g/mol. The summed E-state index contributed by atoms with van der Waals surface area (Å²) in [5.41, 5.74) is 2.45. The summed E-state index contributed by atoms with van der Waals surface area (Å²) in [6.45, 7) is 7.24. The van der Waals surface area contributed by atoms with Crippen molar-refractivity contribution in [3.63, 3.8) is 0 Å². The van der Waals surface area contributed by atoms with Crippen LogP contribution in [0.4, 0.5) is 0 Å². The van der Waals surface area contributed by atoms with Crippen LogP contribution in [0.1, 0.15) is 33.6 Å². The van der Waals surface area contributed by atoms with Crippen molar-refractivity contribution in [2.45, 2.75) is 51.1 Å². The lowest BCUT2D eigenvalue weighted by atomic mass is 10.1. The second-order valence-electron chi connectivity index (χ2n) is 7.15. The lowest BCUT2D eigenvalue weighted by Gasteiger charge is -2.17. The fraction of sp³-hybridized carbons (Fsp3) is 0.391. The van der Waals surface area contributed by atoms with Crippen LogP contribution in [0, 0.1) is 0 Å². The first kappa shape index (κ1) is 21.2. The molecule has 0 aliphatic rings. The molecule has 2 amide bonds. The molecule has 0 saturated heterocycles. The van der Waals surface area contributed by atoms with E-state index in [0.29, 0.717) is 12.3 Å². The molecule has 0 bridgehead atoms. The molecule has 0 aliphatic heterocycles. The minimum Gasteiger partial charge on any atom is -0.354 e. The second kappa shape index (κ2) is 9.83. The van der Waals surface area contributed by atoms with Crippen molar-refractivity contribution in [1.29, 1.82) is 0 Å². The molecular weight excluding hydrogens is 382 g/mol. The SMILES string of the molecule is CCCCNC(=O)C(CSc1ccc2c(c1)c1ccccc1n2CC)NC(C)=O. The molecule has 154 valence electrons. The van der Waals surface area contributed by atoms with Crippen molar-refractivity contribution < 1.29 is 9.59 Å². The van der Waals surface area contributed by atoms with Crippen LogP contribution in [0.5, 0.6) is 0 Å². The van der Waals surface area contributed by atoms with Crippen molar-refractivity contribution in [1.82, 2.24) is 15.2 Å². The lowest BCUT2D eigenvalue weighted by molar-refractivity contribution is -0.127. The van der Waals surface area contributed by atoms with Crippen LogP contribution >= 0.6 is 11.8 Å². The zero-order valence-electron chi connectivity index (χ0n) is 17.3. The van der Waals surface area contributed by atoms with Crippen molar-refractivity contribution in [2.24, 2.45) is 0 Å². The molecule has 6 heteroatoms. The molecule has 0 spiro atoms. The van der Waals surface area contributed by atoms with Crippen LogP contribution in [-0.2, 0) is 16.1 Å². The summed E-state index contributed by atoms with van der Waals surface area (Å²) in [5, 5.41) is 8.16. The molecule has 3 aromatic rings. The third-order valence-electron chi connectivity index (χ3n) is 5.00. The van der Waals surface area contributed by atoms with Crippen LogP contribution < -0.4 is 10.6 Å². The first-order valence-corrected chi connectivity index (χ1v) is 11.2. The van der Waals surface area contributed by atoms with Gasteiger partial charge in [-0.2, -0.15) is 0 Å². The maximum Gasteiger partial charge on any atom is 0.243 e. The molecule has 1 unspecified atom stereocenters. The van der Waals surface area contributed by atoms with Gasteiger partial charge in [-0.15, -0.1) is 11.8 Å². The van der Waals surface area contributed by atoms with E-state index in [0.717, 1.165) is 24.3 Å². The molecule has 3 rings (SSSR count). The van der Waals surface area contributed by atoms with Gasteiger partial charge in [0.15, 0.2) is 0 Å². The number of thioether (sulfide) groups is 1. The van der Waals surface area contributed by atoms with E-state index in [4.69, 9.17) is 0 Å².